The fourth-order valence-corrected chi connectivity index (χ4v) is 4.58. The maximum atomic E-state index is 13.4. The Labute approximate surface area is 211 Å². The third-order valence-electron chi connectivity index (χ3n) is 6.68. The van der Waals surface area contributed by atoms with E-state index in [2.05, 4.69) is 0 Å². The number of benzene rings is 3. The number of rotatable bonds is 4. The Morgan fingerprint density at radius 3 is 2.28 bits per heavy atom. The molecule has 1 saturated heterocycles. The van der Waals surface area contributed by atoms with Crippen LogP contribution in [0.2, 0.25) is 0 Å². The number of anilines is 1. The van der Waals surface area contributed by atoms with Gasteiger partial charge in [-0.25, -0.2) is 0 Å². The van der Waals surface area contributed by atoms with E-state index in [-0.39, 0.29) is 22.5 Å². The smallest absolute Gasteiger partial charge is 0.300 e. The number of methoxy groups -OCH3 is 1. The second-order valence-corrected chi connectivity index (χ2v) is 10.2. The van der Waals surface area contributed by atoms with Crippen LogP contribution in [0.5, 0.6) is 11.5 Å². The minimum absolute atomic E-state index is 0.00218. The first kappa shape index (κ1) is 25.0. The van der Waals surface area contributed by atoms with Gasteiger partial charge in [0.15, 0.2) is 0 Å². The van der Waals surface area contributed by atoms with E-state index in [9.17, 15) is 19.8 Å². The zero-order valence-electron chi connectivity index (χ0n) is 21.4. The molecule has 4 rings (SSSR count). The van der Waals surface area contributed by atoms with Gasteiger partial charge < -0.3 is 14.9 Å². The first-order valence-electron chi connectivity index (χ1n) is 11.8. The van der Waals surface area contributed by atoms with Crippen molar-refractivity contribution >= 4 is 23.1 Å². The number of ether oxygens (including phenoxy) is 1. The summed E-state index contributed by atoms with van der Waals surface area (Å²) < 4.78 is 5.51. The summed E-state index contributed by atoms with van der Waals surface area (Å²) in [7, 11) is 1.58. The lowest BCUT2D eigenvalue weighted by molar-refractivity contribution is -0.132. The van der Waals surface area contributed by atoms with Crippen LogP contribution in [-0.2, 0) is 15.0 Å². The van der Waals surface area contributed by atoms with Crippen LogP contribution in [0.3, 0.4) is 0 Å². The molecule has 0 saturated carbocycles. The van der Waals surface area contributed by atoms with Crippen LogP contribution in [0.4, 0.5) is 5.69 Å². The maximum absolute atomic E-state index is 13.4. The summed E-state index contributed by atoms with van der Waals surface area (Å²) in [5.41, 5.74) is 4.00. The molecule has 1 fully saturated rings. The van der Waals surface area contributed by atoms with E-state index in [1.54, 1.807) is 43.5 Å². The van der Waals surface area contributed by atoms with Gasteiger partial charge in [0, 0.05) is 16.8 Å². The third-order valence-corrected chi connectivity index (χ3v) is 6.68. The van der Waals surface area contributed by atoms with Gasteiger partial charge in [-0.1, -0.05) is 39.0 Å². The lowest BCUT2D eigenvalue weighted by Gasteiger charge is -2.26. The first-order chi connectivity index (χ1) is 16.9. The monoisotopic (exact) mass is 485 g/mol. The molecule has 3 aromatic carbocycles. The van der Waals surface area contributed by atoms with Crippen molar-refractivity contribution in [3.63, 3.8) is 0 Å². The number of amides is 1. The number of nitrogens with zero attached hydrogens (tertiary/aromatic N) is 1. The number of Topliss-reactive ketones (excluding diaryl/α,β-unsaturated/α-hetero) is 1. The molecule has 186 valence electrons. The van der Waals surface area contributed by atoms with Crippen molar-refractivity contribution in [1.82, 2.24) is 0 Å². The van der Waals surface area contributed by atoms with Gasteiger partial charge in [0.2, 0.25) is 0 Å². The van der Waals surface area contributed by atoms with Gasteiger partial charge in [-0.15, -0.1) is 0 Å². The van der Waals surface area contributed by atoms with Gasteiger partial charge in [0.1, 0.15) is 17.3 Å². The summed E-state index contributed by atoms with van der Waals surface area (Å²) in [5.74, 6) is -1.14. The van der Waals surface area contributed by atoms with Crippen molar-refractivity contribution in [2.45, 2.75) is 46.1 Å². The standard InChI is InChI=1S/C30H31NO5/c1-17-10-12-21(14-18(17)2)31-26(19-8-7-9-22(32)15-19)25(28(34)29(31)35)27(33)20-11-13-24(36-6)23(16-20)30(3,4)5/h7-16,26,32-33H,1-6H3/b27-25-. The van der Waals surface area contributed by atoms with Crippen LogP contribution >= 0.6 is 0 Å². The number of phenolic OH excluding ortho intramolecular Hbond substituents is 1. The number of hydrogen-bond donors (Lipinski definition) is 2. The molecule has 3 aromatic rings. The summed E-state index contributed by atoms with van der Waals surface area (Å²) >= 11 is 0. The van der Waals surface area contributed by atoms with E-state index in [4.69, 9.17) is 4.74 Å². The van der Waals surface area contributed by atoms with Crippen molar-refractivity contribution in [1.29, 1.82) is 0 Å². The molecule has 6 heteroatoms. The van der Waals surface area contributed by atoms with Crippen LogP contribution in [-0.4, -0.2) is 29.0 Å². The van der Waals surface area contributed by atoms with Crippen LogP contribution in [0.15, 0.2) is 66.2 Å². The molecule has 0 aromatic heterocycles. The maximum Gasteiger partial charge on any atom is 0.300 e. The lowest BCUT2D eigenvalue weighted by atomic mass is 9.84. The number of hydrogen-bond acceptors (Lipinski definition) is 5. The van der Waals surface area contributed by atoms with Crippen LogP contribution in [0.25, 0.3) is 5.76 Å². The van der Waals surface area contributed by atoms with Crippen molar-refractivity contribution in [2.24, 2.45) is 0 Å². The number of aryl methyl sites for hydroxylation is 2. The Morgan fingerprint density at radius 2 is 1.67 bits per heavy atom. The van der Waals surface area contributed by atoms with E-state index in [1.165, 1.54) is 17.0 Å². The topological polar surface area (TPSA) is 87.1 Å². The molecule has 0 aliphatic carbocycles. The van der Waals surface area contributed by atoms with Gasteiger partial charge >= 0.3 is 0 Å². The van der Waals surface area contributed by atoms with Crippen LogP contribution < -0.4 is 9.64 Å². The van der Waals surface area contributed by atoms with E-state index in [1.807, 2.05) is 46.8 Å². The molecule has 1 aliphatic heterocycles. The van der Waals surface area contributed by atoms with Crippen molar-refractivity contribution in [3.05, 3.63) is 94.1 Å². The predicted octanol–water partition coefficient (Wildman–Crippen LogP) is 5.94. The largest absolute Gasteiger partial charge is 0.508 e. The Kier molecular flexibility index (Phi) is 6.39. The molecule has 1 heterocycles. The summed E-state index contributed by atoms with van der Waals surface area (Å²) in [5, 5.41) is 21.7. The summed E-state index contributed by atoms with van der Waals surface area (Å²) in [6, 6.07) is 16.2. The molecule has 1 amide bonds. The fourth-order valence-electron chi connectivity index (χ4n) is 4.58. The van der Waals surface area contributed by atoms with Gasteiger partial charge in [-0.05, 0) is 78.4 Å². The molecule has 0 bridgehead atoms. The van der Waals surface area contributed by atoms with Crippen LogP contribution in [0, 0.1) is 13.8 Å². The highest BCUT2D eigenvalue weighted by molar-refractivity contribution is 6.51. The molecule has 1 atom stereocenters. The normalized spacial score (nSPS) is 17.5. The average Bonchev–Trinajstić information content (AvgIpc) is 3.10. The highest BCUT2D eigenvalue weighted by Crippen LogP contribution is 2.44. The minimum atomic E-state index is -0.917. The molecule has 0 radical (unpaired) electrons. The molecule has 2 N–H and O–H groups in total. The Morgan fingerprint density at radius 1 is 0.944 bits per heavy atom. The summed E-state index contributed by atoms with van der Waals surface area (Å²) in [6.45, 7) is 9.99. The zero-order valence-corrected chi connectivity index (χ0v) is 21.4. The molecular weight excluding hydrogens is 454 g/mol. The minimum Gasteiger partial charge on any atom is -0.508 e. The SMILES string of the molecule is COc1ccc(/C(O)=C2/C(=O)C(=O)N(c3ccc(C)c(C)c3)C2c2cccc(O)c2)cc1C(C)(C)C. The average molecular weight is 486 g/mol. The Bertz CT molecular complexity index is 1400. The van der Waals surface area contributed by atoms with E-state index in [0.29, 0.717) is 22.6 Å². The fraction of sp³-hybridized carbons (Fsp3) is 0.267. The molecule has 1 aliphatic rings. The van der Waals surface area contributed by atoms with E-state index < -0.39 is 17.7 Å². The molecule has 0 spiro atoms. The quantitative estimate of drug-likeness (QED) is 0.271. The molecule has 36 heavy (non-hydrogen) atoms. The highest BCUT2D eigenvalue weighted by atomic mass is 16.5. The highest BCUT2D eigenvalue weighted by Gasteiger charge is 2.47. The van der Waals surface area contributed by atoms with Crippen molar-refractivity contribution < 1.29 is 24.5 Å². The zero-order chi connectivity index (χ0) is 26.4. The number of aromatic hydroxyl groups is 1. The molecule has 1 unspecified atom stereocenters. The number of phenols is 1. The first-order valence-corrected chi connectivity index (χ1v) is 11.8. The number of aliphatic hydroxyl groups excluding tert-OH is 1. The van der Waals surface area contributed by atoms with E-state index in [0.717, 1.165) is 16.7 Å². The number of ketones is 1. The Hall–Kier alpha value is -4.06. The number of carbonyl (C=O) groups is 2. The predicted molar refractivity (Wildman–Crippen MR) is 140 cm³/mol. The summed E-state index contributed by atoms with van der Waals surface area (Å²) in [6.07, 6.45) is 0. The van der Waals surface area contributed by atoms with Gasteiger partial charge in [-0.2, -0.15) is 0 Å². The van der Waals surface area contributed by atoms with Crippen LogP contribution in [0.1, 0.15) is 54.6 Å². The van der Waals surface area contributed by atoms with Gasteiger partial charge in [0.05, 0.1) is 18.7 Å². The Balaban J connectivity index is 1.98. The van der Waals surface area contributed by atoms with Crippen molar-refractivity contribution in [3.8, 4) is 11.5 Å². The number of carbonyl (C=O) groups excluding carboxylic acids is 2. The van der Waals surface area contributed by atoms with Gasteiger partial charge in [0.25, 0.3) is 11.7 Å². The van der Waals surface area contributed by atoms with E-state index >= 15 is 0 Å². The molecule has 6 nitrogen and oxygen atoms in total. The van der Waals surface area contributed by atoms with Gasteiger partial charge in [-0.3, -0.25) is 14.5 Å². The number of aliphatic hydroxyl groups is 1. The lowest BCUT2D eigenvalue weighted by Crippen LogP contribution is -2.29. The molecular formula is C30H31NO5. The van der Waals surface area contributed by atoms with Crippen molar-refractivity contribution in [2.75, 3.05) is 12.0 Å². The second-order valence-electron chi connectivity index (χ2n) is 10.2. The second kappa shape index (κ2) is 9.19. The third kappa shape index (κ3) is 4.35. The summed E-state index contributed by atoms with van der Waals surface area (Å²) in [4.78, 5) is 28.2.